The lowest BCUT2D eigenvalue weighted by Crippen LogP contribution is -2.48. The van der Waals surface area contributed by atoms with Crippen molar-refractivity contribution in [1.82, 2.24) is 114 Å². The number of piperazine rings is 1. The highest BCUT2D eigenvalue weighted by molar-refractivity contribution is 7.15. The lowest BCUT2D eigenvalue weighted by atomic mass is 9.91. The molecule has 18 aromatic rings. The Morgan fingerprint density at radius 3 is 1.96 bits per heavy atom. The van der Waals surface area contributed by atoms with Crippen molar-refractivity contribution in [2.24, 2.45) is 0 Å². The van der Waals surface area contributed by atoms with E-state index in [1.807, 2.05) is 124 Å². The van der Waals surface area contributed by atoms with E-state index >= 15 is 0 Å². The van der Waals surface area contributed by atoms with Crippen molar-refractivity contribution in [2.45, 2.75) is 135 Å². The number of nitrogens with one attached hydrogen (secondary N) is 1. The Bertz CT molecular complexity index is 7400. The van der Waals surface area contributed by atoms with Gasteiger partial charge in [-0.25, -0.2) is 29.0 Å². The number of halogens is 1. The van der Waals surface area contributed by atoms with Crippen LogP contribution in [0.1, 0.15) is 148 Å². The number of pyridine rings is 5. The number of hydrogen-bond acceptors (Lipinski definition) is 28. The Hall–Kier alpha value is -15.9. The fraction of sp³-hybridized carbons (Fsp3) is 0.286. The fourth-order valence-corrected chi connectivity index (χ4v) is 19.7. The topological polar surface area (TPSA) is 376 Å². The van der Waals surface area contributed by atoms with E-state index in [0.29, 0.717) is 57.5 Å². The molecular weight excluding hydrogens is 1890 g/mol. The normalized spacial score (nSPS) is 14.9. The quantitative estimate of drug-likeness (QED) is 0.0289. The van der Waals surface area contributed by atoms with Crippen LogP contribution in [0.5, 0.6) is 17.4 Å². The summed E-state index contributed by atoms with van der Waals surface area (Å²) in [7, 11) is 5.50. The SMILES string of the molecule is CC(c1ccc2nccnc2c1)C(c1cn(-c2cccc([N+](=O)[O-])c2)nn1)n1[nH]c(-c2ccncc2)cc1=O.CC(c1ccncc1)c1cnc(N2CCc3ccccc3C2)s1.COc1ccc(C(C)C(CN2CCc3ccccc3C2)n2nc(-c3cccnc3)cc2C)cc1.COc1cccc(C(C)C(O)Cn2cc(-c3cc(Cl)cnc3N)nn2)c1.Cc1ccc(C(C)C(CN2CCN(C)CC2)Oc2cnccn2)cn1. The number of nitrogens with zero attached hydrogens (tertiary/aromatic N) is 24. The minimum Gasteiger partial charge on any atom is -0.497 e. The molecule has 0 aliphatic carbocycles. The zero-order valence-electron chi connectivity index (χ0n) is 83.7. The average Bonchev–Trinajstić information content (AvgIpc) is 1.65. The molecule has 1 fully saturated rings. The highest BCUT2D eigenvalue weighted by atomic mass is 35.5. The van der Waals surface area contributed by atoms with E-state index in [1.54, 1.807) is 99.1 Å². The maximum atomic E-state index is 13.3. The van der Waals surface area contributed by atoms with Gasteiger partial charge in [-0.2, -0.15) is 5.10 Å². The number of nitro groups is 1. The molecule has 9 atom stereocenters. The second-order valence-electron chi connectivity index (χ2n) is 37.1. The van der Waals surface area contributed by atoms with Crippen LogP contribution in [0.3, 0.4) is 0 Å². The van der Waals surface area contributed by atoms with E-state index in [4.69, 9.17) is 36.6 Å². The number of fused-ring (bicyclic) bond motifs is 3. The van der Waals surface area contributed by atoms with Gasteiger partial charge in [-0.1, -0.05) is 148 Å². The van der Waals surface area contributed by atoms with E-state index < -0.39 is 17.1 Å². The first-order chi connectivity index (χ1) is 71.5. The van der Waals surface area contributed by atoms with Gasteiger partial charge in [0, 0.05) is 227 Å². The van der Waals surface area contributed by atoms with Gasteiger partial charge in [0.15, 0.2) is 5.13 Å². The van der Waals surface area contributed by atoms with Crippen molar-refractivity contribution in [2.75, 3.05) is 84.3 Å². The molecule has 1 saturated heterocycles. The summed E-state index contributed by atoms with van der Waals surface area (Å²) in [5, 5.41) is 48.6. The lowest BCUT2D eigenvalue weighted by molar-refractivity contribution is -0.384. The zero-order valence-corrected chi connectivity index (χ0v) is 85.3. The number of aryl methyl sites for hydroxylation is 2. The third-order valence-electron chi connectivity index (χ3n) is 27.4. The van der Waals surface area contributed by atoms with Crippen LogP contribution in [0.4, 0.5) is 16.6 Å². The van der Waals surface area contributed by atoms with E-state index in [2.05, 4.69) is 244 Å². The minimum absolute atomic E-state index is 0.00427. The van der Waals surface area contributed by atoms with Crippen LogP contribution in [0.15, 0.2) is 310 Å². The fourth-order valence-electron chi connectivity index (χ4n) is 18.5. The van der Waals surface area contributed by atoms with Gasteiger partial charge in [0.1, 0.15) is 40.9 Å². The highest BCUT2D eigenvalue weighted by Crippen LogP contribution is 2.40. The summed E-state index contributed by atoms with van der Waals surface area (Å²) in [5.74, 6) is 3.05. The standard InChI is InChI=1S/C29H32N4O.C27H21N9O3.C19H27N5O.C19H19N3S.C18H20ClN5O2/c1-21-17-28(25-9-6-15-30-18-25)31-33(21)29(22(2)23-10-12-27(34-3)13-11-23)20-32-16-14-24-7-4-5-8-26(24)19-32;1-17(19-5-6-22-24(13-19)30-12-11-29-22)27(35-26(37)15-23(32-35)18-7-9-28-10-8-18)25-16-34(33-31-25)20-3-2-4-21(14-20)36(38)39;1-15-4-5-17(12-22-15)16(2)18(25-19-13-20-6-7-21-19)14-24-10-8-23(3)9-11-24;1-14(15-6-9-20-10-7-15)18-12-21-19(23-18)22-11-8-16-4-2-3-5-17(16)13-22;1-11(12-4-3-5-14(6-12)26-2)17(25)10-24-9-16(22-23-24)15-7-13(19)8-21-18(15)20/h4-13,15,17-18,22,29H,14,16,19-20H2,1-3H3;2-17,27,32H,1H3;4-7,12-13,16,18H,8-11,14H2,1-3H3;2-7,9-10,12,14H,8,11,13H2,1H3;3-9,11,17,25H,10H2,1-2H3,(H2,20,21). The molecule has 21 rings (SSSR count). The molecule has 15 heterocycles. The van der Waals surface area contributed by atoms with Crippen molar-refractivity contribution < 1.29 is 24.2 Å². The summed E-state index contributed by atoms with van der Waals surface area (Å²) >= 11 is 7.78. The van der Waals surface area contributed by atoms with Crippen molar-refractivity contribution >= 4 is 50.6 Å². The van der Waals surface area contributed by atoms with Crippen LogP contribution in [0, 0.1) is 24.0 Å². The van der Waals surface area contributed by atoms with E-state index in [1.165, 1.54) is 83.3 Å². The molecule has 147 heavy (non-hydrogen) atoms. The van der Waals surface area contributed by atoms with E-state index in [0.717, 1.165) is 140 Å². The van der Waals surface area contributed by atoms with Gasteiger partial charge >= 0.3 is 0 Å². The molecule has 6 aromatic carbocycles. The maximum Gasteiger partial charge on any atom is 0.271 e. The van der Waals surface area contributed by atoms with Gasteiger partial charge in [-0.15, -0.1) is 21.5 Å². The Morgan fingerprint density at radius 2 is 1.24 bits per heavy atom. The van der Waals surface area contributed by atoms with Crippen molar-refractivity contribution in [3.63, 3.8) is 0 Å². The van der Waals surface area contributed by atoms with Crippen LogP contribution >= 0.6 is 22.9 Å². The molecule has 33 nitrogen and oxygen atoms in total. The molecule has 35 heteroatoms. The van der Waals surface area contributed by atoms with Crippen LogP contribution in [0.2, 0.25) is 5.02 Å². The third kappa shape index (κ3) is 26.1. The van der Waals surface area contributed by atoms with Gasteiger partial charge in [0.05, 0.1) is 89.6 Å². The predicted octanol–water partition coefficient (Wildman–Crippen LogP) is 18.7. The number of aromatic amines is 1. The summed E-state index contributed by atoms with van der Waals surface area (Å²) in [4.78, 5) is 78.0. The molecule has 0 radical (unpaired) electrons. The number of aliphatic hydroxyl groups excluding tert-OH is 1. The number of nitrogen functional groups attached to an aromatic ring is 1. The summed E-state index contributed by atoms with van der Waals surface area (Å²) in [6.45, 7) is 25.4. The Labute approximate surface area is 862 Å². The lowest BCUT2D eigenvalue weighted by Gasteiger charge is -2.36. The number of non-ortho nitro benzene ring substituents is 1. The predicted molar refractivity (Wildman–Crippen MR) is 571 cm³/mol. The first kappa shape index (κ1) is 103. The van der Waals surface area contributed by atoms with Gasteiger partial charge in [-0.3, -0.25) is 69.4 Å². The molecule has 0 spiro atoms. The number of aromatic nitrogens is 20. The number of H-pyrrole nitrogens is 1. The molecule has 0 bridgehead atoms. The summed E-state index contributed by atoms with van der Waals surface area (Å²) in [5.41, 5.74) is 26.4. The summed E-state index contributed by atoms with van der Waals surface area (Å²) in [6, 6.07) is 66.6. The van der Waals surface area contributed by atoms with Crippen LogP contribution in [-0.2, 0) is 32.5 Å². The Balaban J connectivity index is 0.000000127. The number of thiazole rings is 1. The Kier molecular flexibility index (Phi) is 34.0. The molecule has 3 aliphatic rings. The number of likely N-dealkylation sites (N-methyl/N-ethyl adjacent to an activating group) is 1. The summed E-state index contributed by atoms with van der Waals surface area (Å²) < 4.78 is 23.7. The van der Waals surface area contributed by atoms with Gasteiger partial charge in [0.25, 0.3) is 11.2 Å². The van der Waals surface area contributed by atoms with E-state index in [-0.39, 0.29) is 47.1 Å². The van der Waals surface area contributed by atoms with Gasteiger partial charge < -0.3 is 34.9 Å². The number of ether oxygens (including phenoxy) is 3. The number of benzene rings is 6. The minimum atomic E-state index is -0.647. The number of nitrogens with two attached hydrogens (primary N) is 1. The number of anilines is 2. The third-order valence-corrected chi connectivity index (χ3v) is 28.8. The van der Waals surface area contributed by atoms with Gasteiger partial charge in [0.2, 0.25) is 5.88 Å². The smallest absolute Gasteiger partial charge is 0.271 e. The molecule has 3 aliphatic heterocycles. The molecule has 752 valence electrons. The molecule has 0 saturated carbocycles. The monoisotopic (exact) mass is 2010 g/mol. The summed E-state index contributed by atoms with van der Waals surface area (Å²) in [6.07, 6.45) is 29.4. The molecular formula is C112H119ClN26O7S. The number of hydrogen-bond donors (Lipinski definition) is 3. The van der Waals surface area contributed by atoms with Crippen molar-refractivity contribution in [1.29, 1.82) is 0 Å². The van der Waals surface area contributed by atoms with Crippen LogP contribution < -0.4 is 30.4 Å². The van der Waals surface area contributed by atoms with Crippen LogP contribution in [0.25, 0.3) is 50.5 Å². The number of aliphatic hydroxyl groups is 1. The molecule has 9 unspecified atom stereocenters. The Morgan fingerprint density at radius 1 is 0.537 bits per heavy atom. The average molecular weight is 2010 g/mol. The second kappa shape index (κ2) is 48.7. The maximum absolute atomic E-state index is 13.3. The largest absolute Gasteiger partial charge is 0.497 e. The van der Waals surface area contributed by atoms with Gasteiger partial charge in [-0.05, 0) is 181 Å². The van der Waals surface area contributed by atoms with Crippen LogP contribution in [-0.4, -0.2) is 210 Å². The number of nitro benzene ring substituents is 1. The zero-order chi connectivity index (χ0) is 102. The van der Waals surface area contributed by atoms with E-state index in [9.17, 15) is 20.0 Å². The molecule has 12 aromatic heterocycles. The first-order valence-electron chi connectivity index (χ1n) is 49.1. The first-order valence-corrected chi connectivity index (χ1v) is 50.3. The number of rotatable bonds is 29. The highest BCUT2D eigenvalue weighted by Gasteiger charge is 2.34. The molecule has 0 amide bonds. The number of methoxy groups -OCH3 is 2. The second-order valence-corrected chi connectivity index (χ2v) is 38.6. The van der Waals surface area contributed by atoms with Crippen molar-refractivity contribution in [3.8, 4) is 56.8 Å². The van der Waals surface area contributed by atoms with Crippen molar-refractivity contribution in [3.05, 3.63) is 403 Å². The molecule has 4 N–H and O–H groups in total.